The molecule has 0 aromatic carbocycles. The maximum atomic E-state index is 12.6. The number of aldehydes is 1. The number of imide groups is 1. The van der Waals surface area contributed by atoms with Crippen molar-refractivity contribution >= 4 is 35.9 Å². The first-order valence-corrected chi connectivity index (χ1v) is 12.7. The highest BCUT2D eigenvalue weighted by Crippen LogP contribution is 2.05. The standard InChI is InChI=1S/C24H38N6O8/c31-16-15-26-7-9-27(17-20(32)25-5-1-2-6-30-21(33)3-4-22(30)34)11-12-29(19-24(37)38)14-13-28(10-8-26)18-23(35)36/h3-4,16H,1-2,5-15,17-19H2,(H,25,32)(H,35,36)(H,37,38). The molecule has 3 amide bonds. The summed E-state index contributed by atoms with van der Waals surface area (Å²) in [6.45, 7) is 3.91. The highest BCUT2D eigenvalue weighted by Gasteiger charge is 2.23. The second-order valence-corrected chi connectivity index (χ2v) is 9.30. The zero-order valence-electron chi connectivity index (χ0n) is 21.6. The van der Waals surface area contributed by atoms with Crippen LogP contribution < -0.4 is 5.32 Å². The van der Waals surface area contributed by atoms with Gasteiger partial charge in [-0.15, -0.1) is 0 Å². The molecule has 2 aliphatic heterocycles. The van der Waals surface area contributed by atoms with Crippen LogP contribution in [0.3, 0.4) is 0 Å². The van der Waals surface area contributed by atoms with Crippen LogP contribution >= 0.6 is 0 Å². The van der Waals surface area contributed by atoms with E-state index in [4.69, 9.17) is 0 Å². The number of rotatable bonds is 13. The van der Waals surface area contributed by atoms with Gasteiger partial charge < -0.3 is 20.3 Å². The number of aliphatic carboxylic acids is 2. The summed E-state index contributed by atoms with van der Waals surface area (Å²) in [6, 6.07) is 0. The van der Waals surface area contributed by atoms with Crippen molar-refractivity contribution in [3.05, 3.63) is 12.2 Å². The largest absolute Gasteiger partial charge is 0.480 e. The molecule has 0 aromatic rings. The van der Waals surface area contributed by atoms with Crippen molar-refractivity contribution in [1.29, 1.82) is 0 Å². The van der Waals surface area contributed by atoms with E-state index in [-0.39, 0.29) is 43.9 Å². The van der Waals surface area contributed by atoms with Crippen LogP contribution in [0.4, 0.5) is 0 Å². The Hall–Kier alpha value is -3.20. The van der Waals surface area contributed by atoms with Crippen LogP contribution in [0.2, 0.25) is 0 Å². The maximum absolute atomic E-state index is 12.6. The zero-order chi connectivity index (χ0) is 27.9. The summed E-state index contributed by atoms with van der Waals surface area (Å²) in [5, 5.41) is 21.4. The SMILES string of the molecule is O=CCN1CCN(CC(=O)O)CCN(CC(=O)O)CCN(CC(=O)NCCCCN2C(=O)C=CC2=O)CC1. The summed E-state index contributed by atoms with van der Waals surface area (Å²) in [7, 11) is 0. The average Bonchev–Trinajstić information content (AvgIpc) is 3.17. The molecule has 212 valence electrons. The Bertz CT molecular complexity index is 864. The molecule has 14 heteroatoms. The summed E-state index contributed by atoms with van der Waals surface area (Å²) in [5.74, 6) is -2.83. The Balaban J connectivity index is 1.89. The van der Waals surface area contributed by atoms with Crippen molar-refractivity contribution in [1.82, 2.24) is 29.8 Å². The van der Waals surface area contributed by atoms with E-state index in [0.717, 1.165) is 11.2 Å². The highest BCUT2D eigenvalue weighted by molar-refractivity contribution is 6.12. The van der Waals surface area contributed by atoms with E-state index in [2.05, 4.69) is 5.32 Å². The fourth-order valence-electron chi connectivity index (χ4n) is 4.26. The van der Waals surface area contributed by atoms with Crippen molar-refractivity contribution in [2.45, 2.75) is 12.8 Å². The number of nitrogens with one attached hydrogen (secondary N) is 1. The highest BCUT2D eigenvalue weighted by atomic mass is 16.4. The van der Waals surface area contributed by atoms with Gasteiger partial charge in [0.1, 0.15) is 6.29 Å². The van der Waals surface area contributed by atoms with Gasteiger partial charge in [0, 0.05) is 77.6 Å². The number of unbranched alkanes of at least 4 members (excludes halogenated alkanes) is 1. The van der Waals surface area contributed by atoms with Gasteiger partial charge >= 0.3 is 11.9 Å². The van der Waals surface area contributed by atoms with Crippen LogP contribution in [-0.4, -0.2) is 162 Å². The molecule has 2 aliphatic rings. The summed E-state index contributed by atoms with van der Waals surface area (Å²) < 4.78 is 0. The number of carboxylic acids is 2. The van der Waals surface area contributed by atoms with Gasteiger partial charge in [-0.1, -0.05) is 0 Å². The smallest absolute Gasteiger partial charge is 0.317 e. The van der Waals surface area contributed by atoms with Crippen molar-refractivity contribution < 1.29 is 39.0 Å². The minimum Gasteiger partial charge on any atom is -0.480 e. The van der Waals surface area contributed by atoms with E-state index in [1.165, 1.54) is 12.2 Å². The third kappa shape index (κ3) is 11.9. The molecule has 0 bridgehead atoms. The first-order valence-electron chi connectivity index (χ1n) is 12.7. The monoisotopic (exact) mass is 538 g/mol. The molecule has 0 aliphatic carbocycles. The lowest BCUT2D eigenvalue weighted by molar-refractivity contribution is -0.140. The molecule has 1 saturated heterocycles. The van der Waals surface area contributed by atoms with Gasteiger partial charge in [0.05, 0.1) is 26.2 Å². The summed E-state index contributed by atoms with van der Waals surface area (Å²) in [4.78, 5) is 78.0. The average molecular weight is 539 g/mol. The van der Waals surface area contributed by atoms with Crippen LogP contribution in [-0.2, 0) is 28.8 Å². The topological polar surface area (TPSA) is 171 Å². The van der Waals surface area contributed by atoms with Crippen molar-refractivity contribution in [2.24, 2.45) is 0 Å². The lowest BCUT2D eigenvalue weighted by Gasteiger charge is -2.32. The number of hydrogen-bond donors (Lipinski definition) is 3. The number of hydrogen-bond acceptors (Lipinski definition) is 10. The molecule has 0 saturated carbocycles. The van der Waals surface area contributed by atoms with E-state index in [1.807, 2.05) is 9.80 Å². The van der Waals surface area contributed by atoms with E-state index in [9.17, 15) is 39.0 Å². The lowest BCUT2D eigenvalue weighted by Crippen LogP contribution is -2.49. The minimum absolute atomic E-state index is 0.0913. The van der Waals surface area contributed by atoms with Gasteiger partial charge in [-0.25, -0.2) is 0 Å². The molecule has 0 aromatic heterocycles. The summed E-state index contributed by atoms with van der Waals surface area (Å²) in [5.41, 5.74) is 0. The number of carbonyl (C=O) groups excluding carboxylic acids is 4. The van der Waals surface area contributed by atoms with E-state index < -0.39 is 11.9 Å². The maximum Gasteiger partial charge on any atom is 0.317 e. The molecule has 1 fully saturated rings. The number of carbonyl (C=O) groups is 6. The van der Waals surface area contributed by atoms with Gasteiger partial charge in [-0.2, -0.15) is 0 Å². The Morgan fingerprint density at radius 1 is 0.737 bits per heavy atom. The predicted molar refractivity (Wildman–Crippen MR) is 135 cm³/mol. The third-order valence-corrected chi connectivity index (χ3v) is 6.38. The number of nitrogens with zero attached hydrogens (tertiary/aromatic N) is 5. The Morgan fingerprint density at radius 3 is 1.63 bits per heavy atom. The van der Waals surface area contributed by atoms with Crippen molar-refractivity contribution in [3.8, 4) is 0 Å². The van der Waals surface area contributed by atoms with Crippen LogP contribution in [0.15, 0.2) is 12.2 Å². The van der Waals surface area contributed by atoms with Gasteiger partial charge in [-0.3, -0.25) is 48.5 Å². The third-order valence-electron chi connectivity index (χ3n) is 6.38. The van der Waals surface area contributed by atoms with Crippen LogP contribution in [0.25, 0.3) is 0 Å². The van der Waals surface area contributed by atoms with E-state index in [1.54, 1.807) is 9.80 Å². The predicted octanol–water partition coefficient (Wildman–Crippen LogP) is -2.60. The van der Waals surface area contributed by atoms with Crippen LogP contribution in [0.5, 0.6) is 0 Å². The van der Waals surface area contributed by atoms with Gasteiger partial charge in [-0.05, 0) is 12.8 Å². The molecule has 0 radical (unpaired) electrons. The molecule has 38 heavy (non-hydrogen) atoms. The molecule has 14 nitrogen and oxygen atoms in total. The second-order valence-electron chi connectivity index (χ2n) is 9.30. The van der Waals surface area contributed by atoms with Gasteiger partial charge in [0.25, 0.3) is 11.8 Å². The van der Waals surface area contributed by atoms with Crippen LogP contribution in [0, 0.1) is 0 Å². The Morgan fingerprint density at radius 2 is 1.18 bits per heavy atom. The first kappa shape index (κ1) is 31.0. The fourth-order valence-corrected chi connectivity index (χ4v) is 4.26. The summed E-state index contributed by atoms with van der Waals surface area (Å²) in [6.07, 6.45) is 4.42. The van der Waals surface area contributed by atoms with Gasteiger partial charge in [0.15, 0.2) is 0 Å². The fraction of sp³-hybridized carbons (Fsp3) is 0.667. The Labute approximate surface area is 221 Å². The molecule has 3 N–H and O–H groups in total. The van der Waals surface area contributed by atoms with E-state index >= 15 is 0 Å². The zero-order valence-corrected chi connectivity index (χ0v) is 21.6. The molecule has 0 atom stereocenters. The van der Waals surface area contributed by atoms with Gasteiger partial charge in [0.2, 0.25) is 5.91 Å². The van der Waals surface area contributed by atoms with E-state index in [0.29, 0.717) is 78.3 Å². The molecule has 2 rings (SSSR count). The van der Waals surface area contributed by atoms with Crippen molar-refractivity contribution in [3.63, 3.8) is 0 Å². The molecule has 0 unspecified atom stereocenters. The van der Waals surface area contributed by atoms with Crippen molar-refractivity contribution in [2.75, 3.05) is 91.6 Å². The first-order chi connectivity index (χ1) is 18.2. The lowest BCUT2D eigenvalue weighted by atomic mass is 10.3. The number of amides is 3. The molecule has 0 spiro atoms. The Kier molecular flexibility index (Phi) is 13.6. The van der Waals surface area contributed by atoms with Crippen LogP contribution in [0.1, 0.15) is 12.8 Å². The molecular weight excluding hydrogens is 500 g/mol. The summed E-state index contributed by atoms with van der Waals surface area (Å²) >= 11 is 0. The number of carboxylic acid groups (broad SMARTS) is 2. The molecule has 2 heterocycles. The normalized spacial score (nSPS) is 19.2. The quantitative estimate of drug-likeness (QED) is 0.127. The second kappa shape index (κ2) is 16.6. The molecular formula is C24H38N6O8. The minimum atomic E-state index is -0.989.